The maximum atomic E-state index is 14.0. The first-order valence-corrected chi connectivity index (χ1v) is 18.1. The monoisotopic (exact) mass is 709 g/mol. The number of amides is 2. The smallest absolute Gasteiger partial charge is 0.237 e. The van der Waals surface area contributed by atoms with Crippen molar-refractivity contribution in [3.05, 3.63) is 54.1 Å². The Morgan fingerprint density at radius 2 is 1.98 bits per heavy atom. The third kappa shape index (κ3) is 6.50. The highest BCUT2D eigenvalue weighted by Gasteiger charge is 2.51. The fourth-order valence-corrected chi connectivity index (χ4v) is 8.03. The quantitative estimate of drug-likeness (QED) is 0.218. The van der Waals surface area contributed by atoms with Gasteiger partial charge >= 0.3 is 0 Å². The van der Waals surface area contributed by atoms with Gasteiger partial charge in [-0.25, -0.2) is 24.6 Å². The highest BCUT2D eigenvalue weighted by atomic mass is 32.1. The molecule has 15 nitrogen and oxygen atoms in total. The lowest BCUT2D eigenvalue weighted by Crippen LogP contribution is -2.43. The van der Waals surface area contributed by atoms with Gasteiger partial charge in [-0.3, -0.25) is 24.5 Å². The second-order valence-electron chi connectivity index (χ2n) is 13.5. The number of carbonyl (C=O) groups is 2. The van der Waals surface area contributed by atoms with Crippen molar-refractivity contribution in [3.8, 4) is 27.8 Å². The number of aliphatic hydroxyl groups is 1. The minimum Gasteiger partial charge on any atom is -0.475 e. The number of likely N-dealkylation sites (tertiary alicyclic amines) is 1. The van der Waals surface area contributed by atoms with Crippen molar-refractivity contribution in [2.45, 2.75) is 45.8 Å². The van der Waals surface area contributed by atoms with Gasteiger partial charge in [0.05, 0.1) is 41.6 Å². The van der Waals surface area contributed by atoms with Crippen LogP contribution in [0.5, 0.6) is 5.88 Å². The molecular formula is C35H39N11O4S. The largest absolute Gasteiger partial charge is 0.475 e. The third-order valence-corrected chi connectivity index (χ3v) is 10.8. The van der Waals surface area contributed by atoms with Gasteiger partial charge in [0.1, 0.15) is 28.4 Å². The summed E-state index contributed by atoms with van der Waals surface area (Å²) in [7, 11) is 0. The number of aromatic nitrogens is 8. The average Bonchev–Trinajstić information content (AvgIpc) is 3.98. The number of rotatable bonds is 10. The molecular weight excluding hydrogens is 671 g/mol. The molecule has 264 valence electrons. The van der Waals surface area contributed by atoms with E-state index in [1.165, 1.54) is 11.3 Å². The van der Waals surface area contributed by atoms with Crippen molar-refractivity contribution in [2.75, 3.05) is 50.8 Å². The van der Waals surface area contributed by atoms with Crippen LogP contribution in [0.1, 0.15) is 38.1 Å². The molecule has 2 amide bonds. The second-order valence-corrected chi connectivity index (χ2v) is 14.6. The summed E-state index contributed by atoms with van der Waals surface area (Å²) in [4.78, 5) is 52.3. The summed E-state index contributed by atoms with van der Waals surface area (Å²) >= 11 is 1.53. The lowest BCUT2D eigenvalue weighted by Gasteiger charge is -2.28. The number of fused-ring (bicyclic) bond motifs is 1. The van der Waals surface area contributed by atoms with Crippen LogP contribution in [-0.2, 0) is 16.1 Å². The Morgan fingerprint density at radius 1 is 1.10 bits per heavy atom. The number of hydrogen-bond donors (Lipinski definition) is 2. The topological polar surface area (TPSA) is 171 Å². The average molecular weight is 710 g/mol. The van der Waals surface area contributed by atoms with Gasteiger partial charge in [0.15, 0.2) is 5.82 Å². The Bertz CT molecular complexity index is 2110. The molecule has 16 heteroatoms. The van der Waals surface area contributed by atoms with Gasteiger partial charge in [-0.15, -0.1) is 16.4 Å². The van der Waals surface area contributed by atoms with Crippen LogP contribution in [0.3, 0.4) is 0 Å². The Morgan fingerprint density at radius 3 is 2.76 bits per heavy atom. The van der Waals surface area contributed by atoms with Gasteiger partial charge in [0.2, 0.25) is 17.7 Å². The first-order valence-electron chi connectivity index (χ1n) is 17.2. The maximum Gasteiger partial charge on any atom is 0.237 e. The van der Waals surface area contributed by atoms with Gasteiger partial charge in [-0.1, -0.05) is 6.08 Å². The van der Waals surface area contributed by atoms with Crippen LogP contribution < -0.4 is 9.64 Å². The molecule has 3 aliphatic rings. The summed E-state index contributed by atoms with van der Waals surface area (Å²) in [5, 5.41) is 22.0. The zero-order valence-corrected chi connectivity index (χ0v) is 29.3. The number of carbonyl (C=O) groups excluding carboxylic acids is 2. The van der Waals surface area contributed by atoms with Gasteiger partial charge in [0, 0.05) is 50.2 Å². The van der Waals surface area contributed by atoms with Gasteiger partial charge in [-0.05, 0) is 63.4 Å². The number of pyridine rings is 2. The molecule has 8 rings (SSSR count). The Hall–Kier alpha value is -5.06. The second kappa shape index (κ2) is 13.6. The Kier molecular flexibility index (Phi) is 8.81. The number of aromatic amines is 1. The fourth-order valence-electron chi connectivity index (χ4n) is 7.11. The van der Waals surface area contributed by atoms with E-state index >= 15 is 0 Å². The number of nitrogens with zero attached hydrogens (tertiary/aromatic N) is 10. The van der Waals surface area contributed by atoms with Gasteiger partial charge < -0.3 is 14.7 Å². The normalized spacial score (nSPS) is 19.6. The highest BCUT2D eigenvalue weighted by Crippen LogP contribution is 2.42. The van der Waals surface area contributed by atoms with E-state index in [1.54, 1.807) is 28.3 Å². The van der Waals surface area contributed by atoms with Crippen molar-refractivity contribution in [2.24, 2.45) is 5.41 Å². The third-order valence-electron chi connectivity index (χ3n) is 9.77. The van der Waals surface area contributed by atoms with E-state index in [-0.39, 0.29) is 24.5 Å². The Balaban J connectivity index is 0.883. The molecule has 0 aromatic carbocycles. The van der Waals surface area contributed by atoms with Crippen molar-refractivity contribution in [1.82, 2.24) is 49.7 Å². The standard InChI is InChI=1S/C35H39N11O4S/c1-22(2)50-28-6-3-24(17-36-28)30-31-25(40-41-30)4-5-27(39-31)46-14-10-35(34(46)49)9-13-43(20-35)19-29(48)44-11-7-23(8-12-44)33-37-18-26(51-33)32-38-21-45(42-32)15-16-47/h3-7,17-18,21-22,47H,8-16,19-20H2,1-2H3,(H,40,41). The number of nitrogens with one attached hydrogen (secondary N) is 1. The summed E-state index contributed by atoms with van der Waals surface area (Å²) in [6.07, 6.45) is 9.36. The molecule has 1 spiro atoms. The molecule has 5 aromatic heterocycles. The molecule has 0 aliphatic carbocycles. The van der Waals surface area contributed by atoms with Crippen LogP contribution in [-0.4, -0.2) is 119 Å². The van der Waals surface area contributed by atoms with E-state index in [9.17, 15) is 9.59 Å². The summed E-state index contributed by atoms with van der Waals surface area (Å²) in [6, 6.07) is 7.50. The molecule has 2 fully saturated rings. The van der Waals surface area contributed by atoms with E-state index in [2.05, 4.69) is 41.2 Å². The van der Waals surface area contributed by atoms with Gasteiger partial charge in [0.25, 0.3) is 0 Å². The van der Waals surface area contributed by atoms with Crippen molar-refractivity contribution in [3.63, 3.8) is 0 Å². The zero-order valence-electron chi connectivity index (χ0n) is 28.5. The summed E-state index contributed by atoms with van der Waals surface area (Å²) < 4.78 is 7.29. The molecule has 3 aliphatic heterocycles. The molecule has 0 bridgehead atoms. The molecule has 1 atom stereocenters. The highest BCUT2D eigenvalue weighted by molar-refractivity contribution is 7.16. The number of aliphatic hydroxyl groups excluding tert-OH is 1. The van der Waals surface area contributed by atoms with Crippen LogP contribution in [0.25, 0.3) is 38.6 Å². The van der Waals surface area contributed by atoms with Crippen molar-refractivity contribution >= 4 is 45.6 Å². The van der Waals surface area contributed by atoms with E-state index in [1.807, 2.05) is 43.0 Å². The van der Waals surface area contributed by atoms with E-state index in [0.717, 1.165) is 39.4 Å². The molecule has 1 unspecified atom stereocenters. The SMILES string of the molecule is CC(C)Oc1ccc(-c2n[nH]c3ccc(N4CCC5(CCN(CC(=O)N6CC=C(c7ncc(-c8ncn(CCO)n8)s7)CC6)C5)C4=O)nc23)cn1. The summed E-state index contributed by atoms with van der Waals surface area (Å²) in [5.74, 6) is 1.87. The minimum absolute atomic E-state index is 0.00219. The lowest BCUT2D eigenvalue weighted by molar-refractivity contribution is -0.132. The number of H-pyrrole nitrogens is 1. The molecule has 0 saturated carbocycles. The number of anilines is 1. The molecule has 2 saturated heterocycles. The Labute approximate surface area is 298 Å². The van der Waals surface area contributed by atoms with Crippen LogP contribution in [0.2, 0.25) is 0 Å². The molecule has 5 aromatic rings. The number of hydrogen-bond acceptors (Lipinski definition) is 12. The number of ether oxygens (including phenoxy) is 1. The lowest BCUT2D eigenvalue weighted by atomic mass is 9.85. The fraction of sp³-hybridized carbons (Fsp3) is 0.429. The van der Waals surface area contributed by atoms with E-state index in [4.69, 9.17) is 14.8 Å². The first kappa shape index (κ1) is 33.1. The maximum absolute atomic E-state index is 14.0. The molecule has 2 N–H and O–H groups in total. The first-order chi connectivity index (χ1) is 24.8. The van der Waals surface area contributed by atoms with E-state index < -0.39 is 5.41 Å². The predicted molar refractivity (Wildman–Crippen MR) is 191 cm³/mol. The number of thiazole rings is 1. The van der Waals surface area contributed by atoms with Crippen LogP contribution >= 0.6 is 11.3 Å². The summed E-state index contributed by atoms with van der Waals surface area (Å²) in [5.41, 5.74) is 3.51. The van der Waals surface area contributed by atoms with Crippen LogP contribution in [0, 0.1) is 5.41 Å². The van der Waals surface area contributed by atoms with Crippen LogP contribution in [0.4, 0.5) is 5.82 Å². The van der Waals surface area contributed by atoms with E-state index in [0.29, 0.717) is 81.0 Å². The zero-order chi connectivity index (χ0) is 35.1. The van der Waals surface area contributed by atoms with Gasteiger partial charge in [-0.2, -0.15) is 5.10 Å². The van der Waals surface area contributed by atoms with Crippen LogP contribution in [0.15, 0.2) is 49.1 Å². The van der Waals surface area contributed by atoms with Crippen molar-refractivity contribution in [1.29, 1.82) is 0 Å². The summed E-state index contributed by atoms with van der Waals surface area (Å²) in [6.45, 7) is 7.57. The minimum atomic E-state index is -0.521. The molecule has 8 heterocycles. The van der Waals surface area contributed by atoms with Crippen molar-refractivity contribution < 1.29 is 19.4 Å². The molecule has 51 heavy (non-hydrogen) atoms. The molecule has 0 radical (unpaired) electrons. The predicted octanol–water partition coefficient (Wildman–Crippen LogP) is 3.26.